The van der Waals surface area contributed by atoms with Crippen molar-refractivity contribution in [3.63, 3.8) is 0 Å². The lowest BCUT2D eigenvalue weighted by molar-refractivity contribution is -0.116. The molecule has 0 bridgehead atoms. The molecule has 1 aliphatic rings. The van der Waals surface area contributed by atoms with Gasteiger partial charge >= 0.3 is 0 Å². The zero-order valence-corrected chi connectivity index (χ0v) is 10.5. The van der Waals surface area contributed by atoms with E-state index in [0.29, 0.717) is 18.5 Å². The Bertz CT molecular complexity index is 529. The molecule has 0 saturated carbocycles. The fraction of sp³-hybridized carbons (Fsp3) is 0.385. The summed E-state index contributed by atoms with van der Waals surface area (Å²) in [5.74, 6) is -1.42. The van der Waals surface area contributed by atoms with Crippen molar-refractivity contribution in [2.45, 2.75) is 25.9 Å². The van der Waals surface area contributed by atoms with E-state index >= 15 is 0 Å². The van der Waals surface area contributed by atoms with Crippen LogP contribution < -0.4 is 10.6 Å². The Hall–Kier alpha value is -1.95. The first-order valence-electron chi connectivity index (χ1n) is 6.06. The van der Waals surface area contributed by atoms with Crippen LogP contribution in [0.3, 0.4) is 0 Å². The zero-order valence-electron chi connectivity index (χ0n) is 10.5. The van der Waals surface area contributed by atoms with Gasteiger partial charge in [-0.15, -0.1) is 0 Å². The highest BCUT2D eigenvalue weighted by Crippen LogP contribution is 2.25. The number of aryl methyl sites for hydroxylation is 1. The molecule has 1 heterocycles. The number of benzene rings is 1. The van der Waals surface area contributed by atoms with Crippen LogP contribution in [0.1, 0.15) is 29.3 Å². The number of fused-ring (bicyclic) bond motifs is 1. The Morgan fingerprint density at radius 3 is 2.95 bits per heavy atom. The molecular weight excluding hydrogens is 251 g/mol. The summed E-state index contributed by atoms with van der Waals surface area (Å²) in [4.78, 5) is 23.0. The third-order valence-electron chi connectivity index (χ3n) is 2.89. The second-order valence-corrected chi connectivity index (χ2v) is 4.60. The first-order chi connectivity index (χ1) is 8.97. The first kappa shape index (κ1) is 13.5. The number of carbonyl (C=O) groups is 2. The maximum atomic E-state index is 13.8. The molecule has 5 nitrogen and oxygen atoms in total. The summed E-state index contributed by atoms with van der Waals surface area (Å²) >= 11 is 0. The van der Waals surface area contributed by atoms with Crippen molar-refractivity contribution < 1.29 is 19.1 Å². The summed E-state index contributed by atoms with van der Waals surface area (Å²) < 4.78 is 13.8. The average Bonchev–Trinajstić information content (AvgIpc) is 2.35. The minimum Gasteiger partial charge on any atom is -0.392 e. The Morgan fingerprint density at radius 1 is 1.53 bits per heavy atom. The van der Waals surface area contributed by atoms with E-state index in [2.05, 4.69) is 10.6 Å². The van der Waals surface area contributed by atoms with Gasteiger partial charge in [0.1, 0.15) is 5.82 Å². The summed E-state index contributed by atoms with van der Waals surface area (Å²) in [5, 5.41) is 14.1. The van der Waals surface area contributed by atoms with Crippen LogP contribution in [0.4, 0.5) is 10.1 Å². The van der Waals surface area contributed by atoms with Crippen LogP contribution in [0.25, 0.3) is 0 Å². The van der Waals surface area contributed by atoms with Crippen LogP contribution >= 0.6 is 0 Å². The molecule has 2 amide bonds. The number of hydrogen-bond acceptors (Lipinski definition) is 3. The first-order valence-corrected chi connectivity index (χ1v) is 6.06. The van der Waals surface area contributed by atoms with E-state index in [1.165, 1.54) is 13.0 Å². The molecule has 1 atom stereocenters. The van der Waals surface area contributed by atoms with E-state index in [1.54, 1.807) is 0 Å². The van der Waals surface area contributed by atoms with Crippen LogP contribution in [-0.2, 0) is 11.2 Å². The molecule has 19 heavy (non-hydrogen) atoms. The molecule has 0 aromatic heterocycles. The Labute approximate surface area is 109 Å². The summed E-state index contributed by atoms with van der Waals surface area (Å²) in [6.07, 6.45) is 0.120. The second kappa shape index (κ2) is 5.36. The lowest BCUT2D eigenvalue weighted by Crippen LogP contribution is -2.31. The highest BCUT2D eigenvalue weighted by atomic mass is 19.1. The standard InChI is InChI=1S/C13H15FN2O3/c1-7(17)6-15-13(19)9-4-8-2-3-12(18)16-11(8)5-10(9)14/h4-5,7,17H,2-3,6H2,1H3,(H,15,19)(H,16,18). The summed E-state index contributed by atoms with van der Waals surface area (Å²) in [5.41, 5.74) is 1.08. The van der Waals surface area contributed by atoms with Crippen molar-refractivity contribution in [1.29, 1.82) is 0 Å². The van der Waals surface area contributed by atoms with Gasteiger partial charge in [-0.2, -0.15) is 0 Å². The van der Waals surface area contributed by atoms with Crippen LogP contribution in [-0.4, -0.2) is 29.6 Å². The minimum atomic E-state index is -0.691. The molecule has 6 heteroatoms. The normalized spacial score (nSPS) is 15.4. The predicted molar refractivity (Wildman–Crippen MR) is 67.4 cm³/mol. The van der Waals surface area contributed by atoms with Crippen LogP contribution in [0, 0.1) is 5.82 Å². The molecule has 1 unspecified atom stereocenters. The molecule has 0 radical (unpaired) electrons. The van der Waals surface area contributed by atoms with Crippen molar-refractivity contribution in [3.05, 3.63) is 29.1 Å². The van der Waals surface area contributed by atoms with E-state index < -0.39 is 17.8 Å². The lowest BCUT2D eigenvalue weighted by Gasteiger charge is -2.18. The number of rotatable bonds is 3. The summed E-state index contributed by atoms with van der Waals surface area (Å²) in [6.45, 7) is 1.59. The Morgan fingerprint density at radius 2 is 2.26 bits per heavy atom. The summed E-state index contributed by atoms with van der Waals surface area (Å²) in [6, 6.07) is 2.60. The number of nitrogens with one attached hydrogen (secondary N) is 2. The predicted octanol–water partition coefficient (Wildman–Crippen LogP) is 0.821. The quantitative estimate of drug-likeness (QED) is 0.758. The number of halogens is 1. The van der Waals surface area contributed by atoms with Crippen molar-refractivity contribution in [2.75, 3.05) is 11.9 Å². The third-order valence-corrected chi connectivity index (χ3v) is 2.89. The Balaban J connectivity index is 2.22. The molecule has 1 aliphatic heterocycles. The lowest BCUT2D eigenvalue weighted by atomic mass is 9.99. The highest BCUT2D eigenvalue weighted by molar-refractivity contribution is 5.98. The van der Waals surface area contributed by atoms with Gasteiger partial charge in [0, 0.05) is 18.7 Å². The topological polar surface area (TPSA) is 78.4 Å². The molecule has 0 spiro atoms. The SMILES string of the molecule is CC(O)CNC(=O)c1cc2c(cc1F)NC(=O)CC2. The van der Waals surface area contributed by atoms with E-state index in [1.807, 2.05) is 0 Å². The number of amides is 2. The molecular formula is C13H15FN2O3. The average molecular weight is 266 g/mol. The molecule has 1 aromatic carbocycles. The van der Waals surface area contributed by atoms with Crippen LogP contribution in [0.5, 0.6) is 0 Å². The minimum absolute atomic E-state index is 0.0616. The fourth-order valence-corrected chi connectivity index (χ4v) is 1.91. The van der Waals surface area contributed by atoms with Crippen molar-refractivity contribution >= 4 is 17.5 Å². The van der Waals surface area contributed by atoms with Gasteiger partial charge in [0.05, 0.1) is 11.7 Å². The number of aliphatic hydroxyl groups excluding tert-OH is 1. The maximum Gasteiger partial charge on any atom is 0.254 e. The summed E-state index contributed by atoms with van der Waals surface area (Å²) in [7, 11) is 0. The number of carbonyl (C=O) groups excluding carboxylic acids is 2. The maximum absolute atomic E-state index is 13.8. The molecule has 0 aliphatic carbocycles. The smallest absolute Gasteiger partial charge is 0.254 e. The van der Waals surface area contributed by atoms with Gasteiger partial charge < -0.3 is 15.7 Å². The number of hydrogen-bond donors (Lipinski definition) is 3. The fourth-order valence-electron chi connectivity index (χ4n) is 1.91. The molecule has 1 aromatic rings. The van der Waals surface area contributed by atoms with Gasteiger partial charge in [0.2, 0.25) is 5.91 Å². The monoisotopic (exact) mass is 266 g/mol. The number of anilines is 1. The van der Waals surface area contributed by atoms with E-state index in [-0.39, 0.29) is 18.0 Å². The van der Waals surface area contributed by atoms with Gasteiger partial charge in [-0.25, -0.2) is 4.39 Å². The van der Waals surface area contributed by atoms with E-state index in [4.69, 9.17) is 5.11 Å². The highest BCUT2D eigenvalue weighted by Gasteiger charge is 2.20. The zero-order chi connectivity index (χ0) is 14.0. The van der Waals surface area contributed by atoms with Crippen molar-refractivity contribution in [1.82, 2.24) is 5.32 Å². The Kier molecular flexibility index (Phi) is 3.80. The van der Waals surface area contributed by atoms with E-state index in [9.17, 15) is 14.0 Å². The van der Waals surface area contributed by atoms with Crippen molar-refractivity contribution in [2.24, 2.45) is 0 Å². The van der Waals surface area contributed by atoms with Crippen molar-refractivity contribution in [3.8, 4) is 0 Å². The van der Waals surface area contributed by atoms with Gasteiger partial charge in [-0.05, 0) is 31.0 Å². The number of aliphatic hydroxyl groups is 1. The van der Waals surface area contributed by atoms with E-state index in [0.717, 1.165) is 11.6 Å². The second-order valence-electron chi connectivity index (χ2n) is 4.60. The van der Waals surface area contributed by atoms with Gasteiger partial charge in [-0.3, -0.25) is 9.59 Å². The molecule has 102 valence electrons. The largest absolute Gasteiger partial charge is 0.392 e. The molecule has 0 saturated heterocycles. The van der Waals surface area contributed by atoms with Gasteiger partial charge in [0.15, 0.2) is 0 Å². The van der Waals surface area contributed by atoms with Gasteiger partial charge in [0.25, 0.3) is 5.91 Å². The molecule has 0 fully saturated rings. The van der Waals surface area contributed by atoms with Crippen LogP contribution in [0.15, 0.2) is 12.1 Å². The van der Waals surface area contributed by atoms with Crippen LogP contribution in [0.2, 0.25) is 0 Å². The molecule has 3 N–H and O–H groups in total. The van der Waals surface area contributed by atoms with Gasteiger partial charge in [-0.1, -0.05) is 0 Å². The third kappa shape index (κ3) is 3.08. The molecule has 2 rings (SSSR count).